The Morgan fingerprint density at radius 2 is 1.22 bits per heavy atom. The Morgan fingerprint density at radius 1 is 0.667 bits per heavy atom. The molecular weight excluding hydrogens is 440 g/mol. The molecule has 2 aromatic rings. The molecule has 1 aromatic carbocycles. The molecule has 1 heterocycles. The Hall–Kier alpha value is -1.90. The summed E-state index contributed by atoms with van der Waals surface area (Å²) in [5.41, 5.74) is 2.27. The van der Waals surface area contributed by atoms with Crippen LogP contribution in [0.15, 0.2) is 36.7 Å². The first-order valence-electron chi connectivity index (χ1n) is 15.3. The van der Waals surface area contributed by atoms with Crippen LogP contribution in [0.2, 0.25) is 0 Å². The summed E-state index contributed by atoms with van der Waals surface area (Å²) < 4.78 is 6.04. The summed E-state index contributed by atoms with van der Waals surface area (Å²) in [5, 5.41) is 0. The SMILES string of the molecule is CCCCCCCCCC[C@H]1CC[C@H](CCCOc2ccc(-c3ncc(CCCC)cn3)cc2)CC1. The molecule has 0 N–H and O–H groups in total. The molecule has 1 aromatic heterocycles. The molecule has 200 valence electrons. The van der Waals surface area contributed by atoms with Gasteiger partial charge in [-0.25, -0.2) is 9.97 Å². The molecule has 0 aliphatic heterocycles. The van der Waals surface area contributed by atoms with Gasteiger partial charge in [-0.3, -0.25) is 0 Å². The van der Waals surface area contributed by atoms with Crippen LogP contribution >= 0.6 is 0 Å². The van der Waals surface area contributed by atoms with E-state index in [0.717, 1.165) is 48.4 Å². The Kier molecular flexibility index (Phi) is 14.0. The van der Waals surface area contributed by atoms with Crippen molar-refractivity contribution in [3.8, 4) is 17.1 Å². The van der Waals surface area contributed by atoms with Gasteiger partial charge in [-0.15, -0.1) is 0 Å². The summed E-state index contributed by atoms with van der Waals surface area (Å²) in [5.74, 6) is 3.67. The summed E-state index contributed by atoms with van der Waals surface area (Å²) in [4.78, 5) is 9.10. The number of hydrogen-bond donors (Lipinski definition) is 0. The first kappa shape index (κ1) is 28.7. The van der Waals surface area contributed by atoms with Crippen LogP contribution in [0.1, 0.15) is 129 Å². The van der Waals surface area contributed by atoms with Crippen LogP contribution in [-0.2, 0) is 6.42 Å². The van der Waals surface area contributed by atoms with Crippen LogP contribution in [0.5, 0.6) is 5.75 Å². The highest BCUT2D eigenvalue weighted by Crippen LogP contribution is 2.34. The maximum atomic E-state index is 6.04. The molecule has 1 saturated carbocycles. The lowest BCUT2D eigenvalue weighted by molar-refractivity contribution is 0.228. The molecule has 1 aliphatic carbocycles. The smallest absolute Gasteiger partial charge is 0.159 e. The van der Waals surface area contributed by atoms with E-state index >= 15 is 0 Å². The Bertz CT molecular complexity index is 793. The van der Waals surface area contributed by atoms with E-state index in [-0.39, 0.29) is 0 Å². The van der Waals surface area contributed by atoms with Crippen molar-refractivity contribution in [1.29, 1.82) is 0 Å². The lowest BCUT2D eigenvalue weighted by Gasteiger charge is -2.28. The third-order valence-corrected chi connectivity index (χ3v) is 8.09. The van der Waals surface area contributed by atoms with E-state index in [1.807, 2.05) is 12.4 Å². The molecular formula is C33H52N2O. The molecule has 3 rings (SSSR count). The van der Waals surface area contributed by atoms with Gasteiger partial charge in [-0.05, 0) is 67.3 Å². The zero-order valence-electron chi connectivity index (χ0n) is 23.4. The monoisotopic (exact) mass is 492 g/mol. The van der Waals surface area contributed by atoms with Gasteiger partial charge in [0, 0.05) is 18.0 Å². The molecule has 0 atom stereocenters. The van der Waals surface area contributed by atoms with Crippen molar-refractivity contribution >= 4 is 0 Å². The van der Waals surface area contributed by atoms with Crippen molar-refractivity contribution < 1.29 is 4.74 Å². The first-order valence-corrected chi connectivity index (χ1v) is 15.3. The van der Waals surface area contributed by atoms with Gasteiger partial charge in [-0.2, -0.15) is 0 Å². The maximum absolute atomic E-state index is 6.04. The summed E-state index contributed by atoms with van der Waals surface area (Å²) in [7, 11) is 0. The number of ether oxygens (including phenoxy) is 1. The van der Waals surface area contributed by atoms with Crippen molar-refractivity contribution in [3.05, 3.63) is 42.2 Å². The Balaban J connectivity index is 1.22. The van der Waals surface area contributed by atoms with Gasteiger partial charge >= 0.3 is 0 Å². The van der Waals surface area contributed by atoms with Gasteiger partial charge < -0.3 is 4.74 Å². The summed E-state index contributed by atoms with van der Waals surface area (Å²) in [6, 6.07) is 8.26. The van der Waals surface area contributed by atoms with Gasteiger partial charge in [0.05, 0.1) is 6.61 Å². The standard InChI is InChI=1S/C33H52N2O/c1-3-5-7-8-9-10-11-12-15-28-17-19-29(20-18-28)16-13-25-36-32-23-21-31(22-24-32)33-34-26-30(27-35-33)14-6-4-2/h21-24,26-29H,3-20,25H2,1-2H3/t28-,29-. The van der Waals surface area contributed by atoms with Crippen LogP contribution < -0.4 is 4.74 Å². The lowest BCUT2D eigenvalue weighted by atomic mass is 9.78. The van der Waals surface area contributed by atoms with Gasteiger partial charge in [0.15, 0.2) is 5.82 Å². The molecule has 3 heteroatoms. The van der Waals surface area contributed by atoms with E-state index < -0.39 is 0 Å². The minimum Gasteiger partial charge on any atom is -0.494 e. The fraction of sp³-hybridized carbons (Fsp3) is 0.697. The maximum Gasteiger partial charge on any atom is 0.159 e. The third kappa shape index (κ3) is 11.0. The van der Waals surface area contributed by atoms with E-state index in [9.17, 15) is 0 Å². The molecule has 0 spiro atoms. The Labute approximate surface area is 221 Å². The fourth-order valence-corrected chi connectivity index (χ4v) is 5.65. The molecule has 0 radical (unpaired) electrons. The molecule has 36 heavy (non-hydrogen) atoms. The molecule has 0 saturated heterocycles. The Morgan fingerprint density at radius 3 is 1.83 bits per heavy atom. The highest BCUT2D eigenvalue weighted by molar-refractivity contribution is 5.55. The average molecular weight is 493 g/mol. The number of aromatic nitrogens is 2. The molecule has 1 aliphatic rings. The van der Waals surface area contributed by atoms with Gasteiger partial charge in [-0.1, -0.05) is 104 Å². The number of nitrogens with zero attached hydrogens (tertiary/aromatic N) is 2. The van der Waals surface area contributed by atoms with Crippen molar-refractivity contribution in [1.82, 2.24) is 9.97 Å². The number of benzene rings is 1. The average Bonchev–Trinajstić information content (AvgIpc) is 2.93. The molecule has 0 unspecified atom stereocenters. The lowest BCUT2D eigenvalue weighted by Crippen LogP contribution is -2.15. The van der Waals surface area contributed by atoms with Gasteiger partial charge in [0.25, 0.3) is 0 Å². The van der Waals surface area contributed by atoms with Gasteiger partial charge in [0.1, 0.15) is 5.75 Å². The predicted molar refractivity (Wildman–Crippen MR) is 153 cm³/mol. The van der Waals surface area contributed by atoms with Crippen molar-refractivity contribution in [2.24, 2.45) is 11.8 Å². The predicted octanol–water partition coefficient (Wildman–Crippen LogP) is 9.98. The molecule has 1 fully saturated rings. The van der Waals surface area contributed by atoms with Crippen molar-refractivity contribution in [2.45, 2.75) is 129 Å². The summed E-state index contributed by atoms with van der Waals surface area (Å²) in [6.45, 7) is 5.33. The largest absolute Gasteiger partial charge is 0.494 e. The first-order chi connectivity index (χ1) is 17.8. The minimum absolute atomic E-state index is 0.791. The van der Waals surface area contributed by atoms with E-state index in [0.29, 0.717) is 0 Å². The van der Waals surface area contributed by atoms with E-state index in [4.69, 9.17) is 4.74 Å². The number of unbranched alkanes of at least 4 members (excludes halogenated alkanes) is 8. The van der Waals surface area contributed by atoms with Crippen molar-refractivity contribution in [2.75, 3.05) is 6.61 Å². The minimum atomic E-state index is 0.791. The number of aryl methyl sites for hydroxylation is 1. The molecule has 0 bridgehead atoms. The number of rotatable bonds is 18. The summed E-state index contributed by atoms with van der Waals surface area (Å²) >= 11 is 0. The fourth-order valence-electron chi connectivity index (χ4n) is 5.65. The second-order valence-electron chi connectivity index (χ2n) is 11.2. The second-order valence-corrected chi connectivity index (χ2v) is 11.2. The molecule has 0 amide bonds. The zero-order chi connectivity index (χ0) is 25.3. The highest BCUT2D eigenvalue weighted by atomic mass is 16.5. The zero-order valence-corrected chi connectivity index (χ0v) is 23.4. The quantitative estimate of drug-likeness (QED) is 0.194. The summed E-state index contributed by atoms with van der Waals surface area (Å²) in [6.07, 6.45) is 28.7. The molecule has 3 nitrogen and oxygen atoms in total. The van der Waals surface area contributed by atoms with Crippen LogP contribution in [0.25, 0.3) is 11.4 Å². The topological polar surface area (TPSA) is 35.0 Å². The van der Waals surface area contributed by atoms with Gasteiger partial charge in [0.2, 0.25) is 0 Å². The van der Waals surface area contributed by atoms with E-state index in [1.54, 1.807) is 0 Å². The van der Waals surface area contributed by atoms with E-state index in [2.05, 4.69) is 48.1 Å². The third-order valence-electron chi connectivity index (χ3n) is 8.09. The van der Waals surface area contributed by atoms with Crippen LogP contribution in [0, 0.1) is 11.8 Å². The normalized spacial score (nSPS) is 17.8. The van der Waals surface area contributed by atoms with E-state index in [1.165, 1.54) is 108 Å². The highest BCUT2D eigenvalue weighted by Gasteiger charge is 2.20. The second kappa shape index (κ2) is 17.5. The number of hydrogen-bond acceptors (Lipinski definition) is 3. The van der Waals surface area contributed by atoms with Crippen LogP contribution in [0.3, 0.4) is 0 Å². The van der Waals surface area contributed by atoms with Crippen molar-refractivity contribution in [3.63, 3.8) is 0 Å². The van der Waals surface area contributed by atoms with Crippen LogP contribution in [-0.4, -0.2) is 16.6 Å². The van der Waals surface area contributed by atoms with Crippen LogP contribution in [0.4, 0.5) is 0 Å².